The molecule has 346 valence electrons. The van der Waals surface area contributed by atoms with Crippen LogP contribution in [-0.2, 0) is 52.4 Å². The fraction of sp³-hybridized carbons (Fsp3) is 0.620. The number of nitrogens with zero attached hydrogens (tertiary/aromatic N) is 3. The number of anilines is 1. The quantitative estimate of drug-likeness (QED) is 0.128. The van der Waals surface area contributed by atoms with Gasteiger partial charge >= 0.3 is 17.9 Å². The Morgan fingerprint density at radius 1 is 0.969 bits per heavy atom. The zero-order chi connectivity index (χ0) is 45.7. The number of piperidine rings is 1. The van der Waals surface area contributed by atoms with Crippen molar-refractivity contribution in [2.24, 2.45) is 11.3 Å². The van der Waals surface area contributed by atoms with Gasteiger partial charge in [-0.25, -0.2) is 4.79 Å². The first-order chi connectivity index (χ1) is 30.5. The number of ether oxygens (including phenoxy) is 4. The van der Waals surface area contributed by atoms with Gasteiger partial charge in [0.05, 0.1) is 33.0 Å². The molecule has 14 heteroatoms. The Morgan fingerprint density at radius 2 is 1.73 bits per heavy atom. The Morgan fingerprint density at radius 3 is 2.41 bits per heavy atom. The van der Waals surface area contributed by atoms with Gasteiger partial charge in [-0.1, -0.05) is 45.9 Å². The molecule has 2 unspecified atom stereocenters. The van der Waals surface area contributed by atoms with Gasteiger partial charge in [-0.2, -0.15) is 0 Å². The van der Waals surface area contributed by atoms with Crippen LogP contribution in [0.25, 0.3) is 10.9 Å². The maximum absolute atomic E-state index is 15.6. The summed E-state index contributed by atoms with van der Waals surface area (Å²) in [5, 5.41) is 30.1. The maximum atomic E-state index is 15.6. The van der Waals surface area contributed by atoms with Gasteiger partial charge in [-0.3, -0.25) is 19.4 Å². The predicted octanol–water partition coefficient (Wildman–Crippen LogP) is 4.49. The van der Waals surface area contributed by atoms with Gasteiger partial charge in [0.25, 0.3) is 0 Å². The van der Waals surface area contributed by atoms with Crippen molar-refractivity contribution >= 4 is 34.5 Å². The molecule has 6 heterocycles. The minimum atomic E-state index is -2.31. The molecular formula is C50H67N5O9. The second-order valence-electron chi connectivity index (χ2n) is 20.1. The van der Waals surface area contributed by atoms with Crippen molar-refractivity contribution in [1.82, 2.24) is 20.1 Å². The van der Waals surface area contributed by atoms with E-state index in [1.165, 1.54) is 21.1 Å². The lowest BCUT2D eigenvalue weighted by Crippen LogP contribution is -2.81. The van der Waals surface area contributed by atoms with Gasteiger partial charge in [-0.05, 0) is 85.9 Å². The minimum Gasteiger partial charge on any atom is -0.496 e. The summed E-state index contributed by atoms with van der Waals surface area (Å²) >= 11 is 0. The molecule has 1 aromatic heterocycles. The molecule has 1 spiro atoms. The van der Waals surface area contributed by atoms with Crippen LogP contribution in [0.3, 0.4) is 0 Å². The van der Waals surface area contributed by atoms with E-state index in [4.69, 9.17) is 18.9 Å². The third-order valence-electron chi connectivity index (χ3n) is 16.5. The summed E-state index contributed by atoms with van der Waals surface area (Å²) in [6, 6.07) is 9.57. The molecule has 1 saturated carbocycles. The van der Waals surface area contributed by atoms with Crippen molar-refractivity contribution in [3.05, 3.63) is 70.4 Å². The molecule has 2 bridgehead atoms. The number of hydrogen-bond acceptors (Lipinski definition) is 13. The first-order valence-corrected chi connectivity index (χ1v) is 23.3. The number of likely N-dealkylation sites (N-methyl/N-ethyl adjacent to an activating group) is 1. The lowest BCUT2D eigenvalue weighted by atomic mass is 9.47. The lowest BCUT2D eigenvalue weighted by molar-refractivity contribution is -0.228. The molecule has 0 amide bonds. The second-order valence-corrected chi connectivity index (χ2v) is 20.1. The molecule has 0 radical (unpaired) electrons. The number of methoxy groups -OCH3 is 3. The van der Waals surface area contributed by atoms with Gasteiger partial charge < -0.3 is 44.4 Å². The van der Waals surface area contributed by atoms with E-state index in [0.717, 1.165) is 39.0 Å². The summed E-state index contributed by atoms with van der Waals surface area (Å²) in [6.45, 7) is 13.5. The van der Waals surface area contributed by atoms with Crippen molar-refractivity contribution in [3.63, 3.8) is 0 Å². The molecule has 14 nitrogen and oxygen atoms in total. The van der Waals surface area contributed by atoms with Crippen LogP contribution >= 0.6 is 0 Å². The molecule has 10 atom stereocenters. The van der Waals surface area contributed by atoms with Gasteiger partial charge in [0, 0.05) is 104 Å². The second kappa shape index (κ2) is 15.9. The van der Waals surface area contributed by atoms with Crippen LogP contribution in [-0.4, -0.2) is 139 Å². The Labute approximate surface area is 376 Å². The fourth-order valence-corrected chi connectivity index (χ4v) is 14.0. The summed E-state index contributed by atoms with van der Waals surface area (Å²) in [4.78, 5) is 53.7. The summed E-state index contributed by atoms with van der Waals surface area (Å²) in [7, 11) is 6.18. The van der Waals surface area contributed by atoms with E-state index in [9.17, 15) is 19.8 Å². The Balaban J connectivity index is 1.35. The summed E-state index contributed by atoms with van der Waals surface area (Å²) in [5.74, 6) is -1.59. The first kappa shape index (κ1) is 44.7. The SMILES string of the molecule is CC[C@]1(O)C[C@H]2CN(CCc3c([nH]c4ccc(CNC(C)C)cc34)[C@@](C(=O)OC)(c3cc4c(cc3OC)N(C)C3[C@]45CCN4CC=C[C@@](CC)([C@@H](OC(C)=O)[C@]3(O)C(=O)OC)[C@H]45)C2)C1. The van der Waals surface area contributed by atoms with Crippen molar-refractivity contribution in [1.29, 1.82) is 0 Å². The highest BCUT2D eigenvalue weighted by atomic mass is 16.6. The Hall–Kier alpha value is -4.47. The van der Waals surface area contributed by atoms with E-state index in [1.54, 1.807) is 7.11 Å². The lowest BCUT2D eigenvalue weighted by Gasteiger charge is -2.63. The van der Waals surface area contributed by atoms with E-state index < -0.39 is 57.5 Å². The zero-order valence-corrected chi connectivity index (χ0v) is 39.0. The van der Waals surface area contributed by atoms with Crippen LogP contribution in [0.2, 0.25) is 0 Å². The average Bonchev–Trinajstić information content (AvgIpc) is 3.94. The highest BCUT2D eigenvalue weighted by molar-refractivity contribution is 5.95. The molecule has 3 aromatic rings. The van der Waals surface area contributed by atoms with Crippen LogP contribution in [0.4, 0.5) is 5.69 Å². The monoisotopic (exact) mass is 881 g/mol. The molecule has 5 aliphatic heterocycles. The molecule has 2 saturated heterocycles. The van der Waals surface area contributed by atoms with Crippen molar-refractivity contribution in [2.75, 3.05) is 66.0 Å². The Bertz CT molecular complexity index is 2400. The highest BCUT2D eigenvalue weighted by Gasteiger charge is 2.80. The van der Waals surface area contributed by atoms with Gasteiger partial charge in [0.2, 0.25) is 5.60 Å². The number of benzene rings is 2. The number of fused-ring (bicyclic) bond motifs is 6. The van der Waals surface area contributed by atoms with Crippen molar-refractivity contribution in [2.45, 2.75) is 126 Å². The van der Waals surface area contributed by atoms with Gasteiger partial charge in [0.15, 0.2) is 6.10 Å². The van der Waals surface area contributed by atoms with Crippen LogP contribution in [0, 0.1) is 11.3 Å². The molecule has 2 aromatic carbocycles. The van der Waals surface area contributed by atoms with E-state index in [2.05, 4.69) is 70.4 Å². The molecular weight excluding hydrogens is 815 g/mol. The number of esters is 3. The van der Waals surface area contributed by atoms with Crippen LogP contribution in [0.5, 0.6) is 5.75 Å². The van der Waals surface area contributed by atoms with Crippen LogP contribution in [0.15, 0.2) is 42.5 Å². The average molecular weight is 882 g/mol. The molecule has 3 fully saturated rings. The number of nitrogens with one attached hydrogen (secondary N) is 2. The largest absolute Gasteiger partial charge is 0.496 e. The van der Waals surface area contributed by atoms with Gasteiger partial charge in [-0.15, -0.1) is 0 Å². The molecule has 64 heavy (non-hydrogen) atoms. The summed E-state index contributed by atoms with van der Waals surface area (Å²) in [5.41, 5.74) is -0.594. The van der Waals surface area contributed by atoms with Crippen LogP contribution < -0.4 is 15.0 Å². The van der Waals surface area contributed by atoms with Gasteiger partial charge in [0.1, 0.15) is 11.2 Å². The van der Waals surface area contributed by atoms with E-state index in [-0.39, 0.29) is 12.0 Å². The Kier molecular flexibility index (Phi) is 11.1. The zero-order valence-electron chi connectivity index (χ0n) is 39.0. The van der Waals surface area contributed by atoms with E-state index in [0.29, 0.717) is 95.1 Å². The van der Waals surface area contributed by atoms with E-state index in [1.807, 2.05) is 31.9 Å². The standard InChI is InChI=1S/C50H67N5O9/c1-10-46(59)24-32-25-49(44(57)62-8,40-33(15-19-54(27-32)28-46)34-21-31(26-51-29(3)4)13-14-37(34)52-40)36-22-35-38(23-39(36)61-7)53(6)42-48(35)17-20-55-18-12-16-47(11-2,41(48)55)43(64-30(5)56)50(42,60)45(58)63-9/h12-14,16,21-23,29,32,41-43,51-52,59-60H,10-11,15,17-20,24-28H2,1-9H3/t32-,41+,42?,43-,46+,47-,48-,49+,50+/m1/s1. The first-order valence-electron chi connectivity index (χ1n) is 23.3. The third-order valence-corrected chi connectivity index (χ3v) is 16.5. The summed E-state index contributed by atoms with van der Waals surface area (Å²) < 4.78 is 24.1. The number of aliphatic hydroxyl groups is 2. The highest BCUT2D eigenvalue weighted by Crippen LogP contribution is 2.68. The predicted molar refractivity (Wildman–Crippen MR) is 242 cm³/mol. The third kappa shape index (κ3) is 6.18. The fourth-order valence-electron chi connectivity index (χ4n) is 14.0. The normalized spacial score (nSPS) is 35.1. The number of hydrogen-bond donors (Lipinski definition) is 4. The number of rotatable bonds is 10. The smallest absolute Gasteiger partial charge is 0.344 e. The number of aromatic amines is 1. The van der Waals surface area contributed by atoms with Crippen molar-refractivity contribution in [3.8, 4) is 5.75 Å². The summed E-state index contributed by atoms with van der Waals surface area (Å²) in [6.07, 6.45) is 5.89. The van der Waals surface area contributed by atoms with Crippen LogP contribution in [0.1, 0.15) is 94.7 Å². The number of carbonyl (C=O) groups excluding carboxylic acids is 3. The molecule has 6 aliphatic rings. The van der Waals surface area contributed by atoms with Crippen molar-refractivity contribution < 1.29 is 43.5 Å². The minimum absolute atomic E-state index is 0.116. The molecule has 4 N–H and O–H groups in total. The number of aromatic nitrogens is 1. The van der Waals surface area contributed by atoms with E-state index >= 15 is 4.79 Å². The number of carbonyl (C=O) groups is 3. The molecule has 9 rings (SSSR count). The number of H-pyrrole nitrogens is 1. The maximum Gasteiger partial charge on any atom is 0.344 e. The molecule has 1 aliphatic carbocycles. The topological polar surface area (TPSA) is 166 Å².